The van der Waals surface area contributed by atoms with E-state index in [9.17, 15) is 9.18 Å². The summed E-state index contributed by atoms with van der Waals surface area (Å²) in [6.45, 7) is 4.49. The quantitative estimate of drug-likeness (QED) is 0.484. The van der Waals surface area contributed by atoms with Gasteiger partial charge in [0, 0.05) is 12.3 Å². The summed E-state index contributed by atoms with van der Waals surface area (Å²) in [5, 5.41) is 11.8. The van der Waals surface area contributed by atoms with Crippen molar-refractivity contribution in [2.24, 2.45) is 0 Å². The summed E-state index contributed by atoms with van der Waals surface area (Å²) >= 11 is 1.49. The van der Waals surface area contributed by atoms with Gasteiger partial charge >= 0.3 is 0 Å². The zero-order valence-corrected chi connectivity index (χ0v) is 14.7. The van der Waals surface area contributed by atoms with Crippen LogP contribution in [0.3, 0.4) is 0 Å². The number of hydrogen-bond donors (Lipinski definition) is 1. The van der Waals surface area contributed by atoms with Crippen LogP contribution in [0.15, 0.2) is 64.9 Å². The highest BCUT2D eigenvalue weighted by atomic mass is 32.2. The minimum absolute atomic E-state index is 0.220. The molecule has 2 heterocycles. The minimum atomic E-state index is -0.316. The molecule has 0 atom stereocenters. The molecule has 0 saturated heterocycles. The second-order valence-electron chi connectivity index (χ2n) is 5.37. The minimum Gasteiger partial charge on any atom is -0.459 e. The predicted octanol–water partition coefficient (Wildman–Crippen LogP) is 3.42. The molecule has 1 N–H and O–H groups in total. The molecule has 1 amide bonds. The van der Waals surface area contributed by atoms with Crippen LogP contribution >= 0.6 is 11.8 Å². The molecule has 0 saturated carbocycles. The number of amides is 1. The van der Waals surface area contributed by atoms with Gasteiger partial charge in [-0.25, -0.2) is 4.39 Å². The normalized spacial score (nSPS) is 10.7. The van der Waals surface area contributed by atoms with Gasteiger partial charge in [-0.05, 0) is 29.8 Å². The standard InChI is InChI=1S/C18H17FN4O2S/c1-2-9-23-16(11-20-17(24)15-4-3-10-25-15)21-22-18(23)26-12-13-5-7-14(19)8-6-13/h2-8,10H,1,9,11-12H2,(H,20,24). The van der Waals surface area contributed by atoms with Crippen LogP contribution < -0.4 is 5.32 Å². The monoisotopic (exact) mass is 372 g/mol. The number of furan rings is 1. The first-order valence-electron chi connectivity index (χ1n) is 7.89. The average molecular weight is 372 g/mol. The van der Waals surface area contributed by atoms with Gasteiger partial charge in [0.15, 0.2) is 16.7 Å². The molecule has 0 radical (unpaired) electrons. The van der Waals surface area contributed by atoms with E-state index in [1.165, 1.54) is 30.2 Å². The summed E-state index contributed by atoms with van der Waals surface area (Å²) in [5.41, 5.74) is 0.984. The number of allylic oxidation sites excluding steroid dienone is 1. The third-order valence-electron chi connectivity index (χ3n) is 3.54. The van der Waals surface area contributed by atoms with Crippen LogP contribution in [0.1, 0.15) is 21.9 Å². The van der Waals surface area contributed by atoms with Crippen LogP contribution in [-0.4, -0.2) is 20.7 Å². The molecule has 0 aliphatic heterocycles. The van der Waals surface area contributed by atoms with Gasteiger partial charge in [0.2, 0.25) is 0 Å². The van der Waals surface area contributed by atoms with Gasteiger partial charge < -0.3 is 14.3 Å². The molecular weight excluding hydrogens is 355 g/mol. The van der Waals surface area contributed by atoms with E-state index in [-0.39, 0.29) is 24.0 Å². The summed E-state index contributed by atoms with van der Waals surface area (Å²) in [6.07, 6.45) is 3.18. The third-order valence-corrected chi connectivity index (χ3v) is 4.58. The lowest BCUT2D eigenvalue weighted by molar-refractivity contribution is 0.0921. The Hall–Kier alpha value is -2.87. The molecule has 3 aromatic rings. The summed E-state index contributed by atoms with van der Waals surface area (Å²) in [4.78, 5) is 12.0. The van der Waals surface area contributed by atoms with E-state index in [1.807, 2.05) is 4.57 Å². The summed E-state index contributed by atoms with van der Waals surface area (Å²) in [5.74, 6) is 0.915. The fraction of sp³-hybridized carbons (Fsp3) is 0.167. The molecule has 1 aromatic carbocycles. The molecule has 0 bridgehead atoms. The van der Waals surface area contributed by atoms with Crippen molar-refractivity contribution in [1.82, 2.24) is 20.1 Å². The molecule has 26 heavy (non-hydrogen) atoms. The lowest BCUT2D eigenvalue weighted by atomic mass is 10.2. The van der Waals surface area contributed by atoms with Crippen LogP contribution in [0.2, 0.25) is 0 Å². The molecule has 0 unspecified atom stereocenters. The Labute approximate surface area is 154 Å². The number of nitrogens with zero attached hydrogens (tertiary/aromatic N) is 3. The van der Waals surface area contributed by atoms with E-state index < -0.39 is 0 Å². The van der Waals surface area contributed by atoms with Crippen LogP contribution in [0.4, 0.5) is 4.39 Å². The lowest BCUT2D eigenvalue weighted by Gasteiger charge is -2.08. The fourth-order valence-corrected chi connectivity index (χ4v) is 3.17. The number of hydrogen-bond acceptors (Lipinski definition) is 5. The largest absolute Gasteiger partial charge is 0.459 e. The van der Waals surface area contributed by atoms with Gasteiger partial charge in [-0.1, -0.05) is 30.0 Å². The van der Waals surface area contributed by atoms with Crippen molar-refractivity contribution in [3.05, 3.63) is 78.3 Å². The average Bonchev–Trinajstić information content (AvgIpc) is 3.30. The van der Waals surface area contributed by atoms with E-state index in [2.05, 4.69) is 22.1 Å². The van der Waals surface area contributed by atoms with E-state index in [0.29, 0.717) is 23.3 Å². The Kier molecular flexibility index (Phi) is 5.85. The number of benzene rings is 1. The number of halogens is 1. The summed E-state index contributed by atoms with van der Waals surface area (Å²) < 4.78 is 19.9. The summed E-state index contributed by atoms with van der Waals surface area (Å²) in [7, 11) is 0. The Balaban J connectivity index is 1.66. The van der Waals surface area contributed by atoms with E-state index in [1.54, 1.807) is 30.3 Å². The molecule has 134 valence electrons. The number of rotatable bonds is 8. The van der Waals surface area contributed by atoms with Gasteiger partial charge in [0.1, 0.15) is 5.82 Å². The SMILES string of the molecule is C=CCn1c(CNC(=O)c2ccco2)nnc1SCc1ccc(F)cc1. The van der Waals surface area contributed by atoms with Crippen molar-refractivity contribution >= 4 is 17.7 Å². The van der Waals surface area contributed by atoms with Gasteiger partial charge in [-0.2, -0.15) is 0 Å². The first kappa shape index (κ1) is 17.9. The first-order chi connectivity index (χ1) is 12.7. The Bertz CT molecular complexity index is 875. The van der Waals surface area contributed by atoms with Gasteiger partial charge in [0.25, 0.3) is 5.91 Å². The highest BCUT2D eigenvalue weighted by molar-refractivity contribution is 7.98. The molecule has 0 aliphatic rings. The number of nitrogens with one attached hydrogen (secondary N) is 1. The second-order valence-corrected chi connectivity index (χ2v) is 6.32. The number of carbonyl (C=O) groups excluding carboxylic acids is 1. The van der Waals surface area contributed by atoms with E-state index in [0.717, 1.165) is 5.56 Å². The van der Waals surface area contributed by atoms with Crippen molar-refractivity contribution < 1.29 is 13.6 Å². The van der Waals surface area contributed by atoms with Crippen LogP contribution in [0.5, 0.6) is 0 Å². The number of aromatic nitrogens is 3. The molecule has 0 spiro atoms. The molecule has 8 heteroatoms. The Morgan fingerprint density at radius 1 is 1.31 bits per heavy atom. The van der Waals surface area contributed by atoms with Gasteiger partial charge in [0.05, 0.1) is 12.8 Å². The third kappa shape index (κ3) is 4.40. The second kappa shape index (κ2) is 8.48. The maximum atomic E-state index is 13.0. The molecule has 3 rings (SSSR count). The zero-order chi connectivity index (χ0) is 18.4. The maximum absolute atomic E-state index is 13.0. The smallest absolute Gasteiger partial charge is 0.287 e. The topological polar surface area (TPSA) is 73.0 Å². The first-order valence-corrected chi connectivity index (χ1v) is 8.88. The maximum Gasteiger partial charge on any atom is 0.287 e. The van der Waals surface area contributed by atoms with Crippen molar-refractivity contribution in [3.63, 3.8) is 0 Å². The molecule has 0 aliphatic carbocycles. The van der Waals surface area contributed by atoms with Crippen molar-refractivity contribution in [1.29, 1.82) is 0 Å². The van der Waals surface area contributed by atoms with E-state index >= 15 is 0 Å². The lowest BCUT2D eigenvalue weighted by Crippen LogP contribution is -2.24. The highest BCUT2D eigenvalue weighted by Gasteiger charge is 2.14. The Morgan fingerprint density at radius 3 is 2.81 bits per heavy atom. The molecular formula is C18H17FN4O2S. The van der Waals surface area contributed by atoms with Crippen molar-refractivity contribution in [3.8, 4) is 0 Å². The molecule has 2 aromatic heterocycles. The van der Waals surface area contributed by atoms with E-state index in [4.69, 9.17) is 4.42 Å². The number of carbonyl (C=O) groups is 1. The zero-order valence-electron chi connectivity index (χ0n) is 13.9. The van der Waals surface area contributed by atoms with Crippen LogP contribution in [-0.2, 0) is 18.8 Å². The van der Waals surface area contributed by atoms with Crippen molar-refractivity contribution in [2.75, 3.05) is 0 Å². The Morgan fingerprint density at radius 2 is 2.12 bits per heavy atom. The molecule has 6 nitrogen and oxygen atoms in total. The highest BCUT2D eigenvalue weighted by Crippen LogP contribution is 2.22. The fourth-order valence-electron chi connectivity index (χ4n) is 2.25. The molecule has 0 fully saturated rings. The predicted molar refractivity (Wildman–Crippen MR) is 96.1 cm³/mol. The van der Waals surface area contributed by atoms with Crippen molar-refractivity contribution in [2.45, 2.75) is 24.0 Å². The van der Waals surface area contributed by atoms with Crippen LogP contribution in [0.25, 0.3) is 0 Å². The van der Waals surface area contributed by atoms with Gasteiger partial charge in [-0.15, -0.1) is 16.8 Å². The van der Waals surface area contributed by atoms with Gasteiger partial charge in [-0.3, -0.25) is 4.79 Å². The number of thioether (sulfide) groups is 1. The van der Waals surface area contributed by atoms with Crippen LogP contribution in [0, 0.1) is 5.82 Å². The summed E-state index contributed by atoms with van der Waals surface area (Å²) in [6, 6.07) is 9.58.